The lowest BCUT2D eigenvalue weighted by Crippen LogP contribution is -1.96. The molecule has 0 saturated carbocycles. The Morgan fingerprint density at radius 1 is 1.25 bits per heavy atom. The normalized spacial score (nSPS) is 10.1. The Hall–Kier alpha value is -1.79. The lowest BCUT2D eigenvalue weighted by Gasteiger charge is -2.02. The van der Waals surface area contributed by atoms with Crippen molar-refractivity contribution in [2.24, 2.45) is 0 Å². The van der Waals surface area contributed by atoms with Crippen molar-refractivity contribution in [1.29, 1.82) is 5.26 Å². The van der Waals surface area contributed by atoms with Crippen molar-refractivity contribution in [3.8, 4) is 11.8 Å². The molecule has 0 saturated heterocycles. The standard InChI is InChI=1S/C12H10ClN3/c1-8-9(2)15-16(12(8)13)11-5-3-10(7-14)4-6-11/h3-6H,1-2H3. The van der Waals surface area contributed by atoms with Crippen molar-refractivity contribution in [3.05, 3.63) is 46.2 Å². The van der Waals surface area contributed by atoms with E-state index in [1.807, 2.05) is 26.0 Å². The third kappa shape index (κ3) is 1.68. The summed E-state index contributed by atoms with van der Waals surface area (Å²) < 4.78 is 1.67. The first kappa shape index (κ1) is 10.7. The molecule has 0 aliphatic carbocycles. The van der Waals surface area contributed by atoms with Gasteiger partial charge in [0.2, 0.25) is 0 Å². The van der Waals surface area contributed by atoms with Crippen molar-refractivity contribution in [2.75, 3.05) is 0 Å². The minimum Gasteiger partial charge on any atom is -0.222 e. The monoisotopic (exact) mass is 231 g/mol. The van der Waals surface area contributed by atoms with Crippen molar-refractivity contribution in [1.82, 2.24) is 9.78 Å². The average Bonchev–Trinajstić information content (AvgIpc) is 2.57. The highest BCUT2D eigenvalue weighted by atomic mass is 35.5. The van der Waals surface area contributed by atoms with Crippen LogP contribution in [0.25, 0.3) is 5.69 Å². The van der Waals surface area contributed by atoms with Crippen molar-refractivity contribution < 1.29 is 0 Å². The van der Waals surface area contributed by atoms with Gasteiger partial charge in [-0.1, -0.05) is 11.6 Å². The molecule has 4 heteroatoms. The maximum Gasteiger partial charge on any atom is 0.136 e. The van der Waals surface area contributed by atoms with E-state index in [0.717, 1.165) is 16.9 Å². The summed E-state index contributed by atoms with van der Waals surface area (Å²) in [6.45, 7) is 3.85. The molecule has 1 heterocycles. The van der Waals surface area contributed by atoms with E-state index in [4.69, 9.17) is 16.9 Å². The zero-order valence-electron chi connectivity index (χ0n) is 9.03. The Morgan fingerprint density at radius 2 is 1.88 bits per heavy atom. The van der Waals surface area contributed by atoms with Crippen LogP contribution in [0.5, 0.6) is 0 Å². The van der Waals surface area contributed by atoms with Crippen LogP contribution >= 0.6 is 11.6 Å². The van der Waals surface area contributed by atoms with Gasteiger partial charge in [-0.2, -0.15) is 10.4 Å². The van der Waals surface area contributed by atoms with Gasteiger partial charge >= 0.3 is 0 Å². The highest BCUT2D eigenvalue weighted by Gasteiger charge is 2.10. The molecule has 0 radical (unpaired) electrons. The number of hydrogen-bond donors (Lipinski definition) is 0. The van der Waals surface area contributed by atoms with Crippen molar-refractivity contribution >= 4 is 11.6 Å². The molecular weight excluding hydrogens is 222 g/mol. The van der Waals surface area contributed by atoms with Gasteiger partial charge < -0.3 is 0 Å². The second-order valence-electron chi connectivity index (χ2n) is 3.57. The molecule has 0 N–H and O–H groups in total. The highest BCUT2D eigenvalue weighted by Crippen LogP contribution is 2.22. The fourth-order valence-electron chi connectivity index (χ4n) is 1.43. The molecular formula is C12H10ClN3. The molecule has 80 valence electrons. The molecule has 0 amide bonds. The van der Waals surface area contributed by atoms with Gasteiger partial charge in [0.25, 0.3) is 0 Å². The van der Waals surface area contributed by atoms with Gasteiger partial charge in [-0.3, -0.25) is 0 Å². The Kier molecular flexibility index (Phi) is 2.67. The molecule has 0 aliphatic heterocycles. The topological polar surface area (TPSA) is 41.6 Å². The van der Waals surface area contributed by atoms with E-state index in [1.165, 1.54) is 0 Å². The van der Waals surface area contributed by atoms with Crippen molar-refractivity contribution in [3.63, 3.8) is 0 Å². The Labute approximate surface area is 98.9 Å². The van der Waals surface area contributed by atoms with Crippen LogP contribution in [0.1, 0.15) is 16.8 Å². The molecule has 1 aromatic carbocycles. The largest absolute Gasteiger partial charge is 0.222 e. The van der Waals surface area contributed by atoms with Gasteiger partial charge in [0.15, 0.2) is 0 Å². The van der Waals surface area contributed by atoms with Crippen LogP contribution in [0.3, 0.4) is 0 Å². The number of benzene rings is 1. The molecule has 0 fully saturated rings. The van der Waals surface area contributed by atoms with Gasteiger partial charge in [0.1, 0.15) is 5.15 Å². The van der Waals surface area contributed by atoms with Gasteiger partial charge in [-0.05, 0) is 38.1 Å². The van der Waals surface area contributed by atoms with E-state index in [2.05, 4.69) is 11.2 Å². The molecule has 0 atom stereocenters. The minimum atomic E-state index is 0.613. The van der Waals surface area contributed by atoms with Crippen LogP contribution in [0.15, 0.2) is 24.3 Å². The maximum atomic E-state index is 8.70. The first-order valence-electron chi connectivity index (χ1n) is 4.85. The van der Waals surface area contributed by atoms with Gasteiger partial charge in [0.05, 0.1) is 23.0 Å². The quantitative estimate of drug-likeness (QED) is 0.757. The lowest BCUT2D eigenvalue weighted by molar-refractivity contribution is 0.863. The number of hydrogen-bond acceptors (Lipinski definition) is 2. The molecule has 0 bridgehead atoms. The van der Waals surface area contributed by atoms with E-state index in [9.17, 15) is 0 Å². The summed E-state index contributed by atoms with van der Waals surface area (Å²) in [5.74, 6) is 0. The summed E-state index contributed by atoms with van der Waals surface area (Å²) in [6, 6.07) is 9.23. The average molecular weight is 232 g/mol. The van der Waals surface area contributed by atoms with Gasteiger partial charge in [-0.25, -0.2) is 4.68 Å². The van der Waals surface area contributed by atoms with Crippen LogP contribution in [-0.2, 0) is 0 Å². The van der Waals surface area contributed by atoms with Crippen LogP contribution in [-0.4, -0.2) is 9.78 Å². The second kappa shape index (κ2) is 3.99. The fourth-order valence-corrected chi connectivity index (χ4v) is 1.70. The molecule has 0 unspecified atom stereocenters. The molecule has 1 aromatic heterocycles. The first-order chi connectivity index (χ1) is 7.63. The van der Waals surface area contributed by atoms with E-state index in [0.29, 0.717) is 10.7 Å². The Balaban J connectivity index is 2.51. The Morgan fingerprint density at radius 3 is 2.31 bits per heavy atom. The zero-order valence-corrected chi connectivity index (χ0v) is 9.78. The molecule has 2 rings (SSSR count). The van der Waals surface area contributed by atoms with Gasteiger partial charge in [-0.15, -0.1) is 0 Å². The summed E-state index contributed by atoms with van der Waals surface area (Å²) >= 11 is 6.16. The van der Waals surface area contributed by atoms with Gasteiger partial charge in [0, 0.05) is 5.56 Å². The number of nitriles is 1. The molecule has 16 heavy (non-hydrogen) atoms. The minimum absolute atomic E-state index is 0.613. The predicted octanol–water partition coefficient (Wildman–Crippen LogP) is 3.01. The molecule has 3 nitrogen and oxygen atoms in total. The smallest absolute Gasteiger partial charge is 0.136 e. The summed E-state index contributed by atoms with van der Waals surface area (Å²) in [6.07, 6.45) is 0. The van der Waals surface area contributed by atoms with Crippen LogP contribution in [0, 0.1) is 25.2 Å². The number of aryl methyl sites for hydroxylation is 1. The van der Waals surface area contributed by atoms with Crippen LogP contribution in [0.2, 0.25) is 5.15 Å². The molecule has 2 aromatic rings. The fraction of sp³-hybridized carbons (Fsp3) is 0.167. The Bertz CT molecular complexity index is 561. The summed E-state index contributed by atoms with van der Waals surface area (Å²) in [7, 11) is 0. The number of nitrogens with zero attached hydrogens (tertiary/aromatic N) is 3. The van der Waals surface area contributed by atoms with E-state index in [-0.39, 0.29) is 0 Å². The summed E-state index contributed by atoms with van der Waals surface area (Å²) in [4.78, 5) is 0. The summed E-state index contributed by atoms with van der Waals surface area (Å²) in [5, 5.41) is 13.7. The number of rotatable bonds is 1. The van der Waals surface area contributed by atoms with Crippen LogP contribution < -0.4 is 0 Å². The van der Waals surface area contributed by atoms with E-state index < -0.39 is 0 Å². The highest BCUT2D eigenvalue weighted by molar-refractivity contribution is 6.30. The number of halogens is 1. The van der Waals surface area contributed by atoms with Crippen LogP contribution in [0.4, 0.5) is 0 Å². The lowest BCUT2D eigenvalue weighted by atomic mass is 10.2. The SMILES string of the molecule is Cc1nn(-c2ccc(C#N)cc2)c(Cl)c1C. The third-order valence-electron chi connectivity index (χ3n) is 2.53. The van der Waals surface area contributed by atoms with E-state index >= 15 is 0 Å². The molecule has 0 aliphatic rings. The number of aromatic nitrogens is 2. The van der Waals surface area contributed by atoms with E-state index in [1.54, 1.807) is 16.8 Å². The van der Waals surface area contributed by atoms with Crippen molar-refractivity contribution in [2.45, 2.75) is 13.8 Å². The first-order valence-corrected chi connectivity index (χ1v) is 5.23. The maximum absolute atomic E-state index is 8.70. The second-order valence-corrected chi connectivity index (χ2v) is 3.93. The predicted molar refractivity (Wildman–Crippen MR) is 62.8 cm³/mol. The zero-order chi connectivity index (χ0) is 11.7. The third-order valence-corrected chi connectivity index (χ3v) is 2.97. The molecule has 0 spiro atoms. The summed E-state index contributed by atoms with van der Waals surface area (Å²) in [5.41, 5.74) is 3.38.